The molecule has 0 N–H and O–H groups in total. The topological polar surface area (TPSA) is 70.4 Å². The van der Waals surface area contributed by atoms with Gasteiger partial charge >= 0.3 is 11.9 Å². The summed E-state index contributed by atoms with van der Waals surface area (Å²) in [5, 5.41) is 3.72. The van der Waals surface area contributed by atoms with E-state index in [-0.39, 0.29) is 22.0 Å². The first-order valence-corrected chi connectivity index (χ1v) is 8.89. The molecule has 0 fully saturated rings. The third kappa shape index (κ3) is 4.16. The Balaban J connectivity index is 2.17. The fourth-order valence-corrected chi connectivity index (χ4v) is 2.94. The quantitative estimate of drug-likeness (QED) is 0.555. The van der Waals surface area contributed by atoms with Crippen LogP contribution in [0.1, 0.15) is 17.4 Å². The Hall–Kier alpha value is -3.33. The van der Waals surface area contributed by atoms with Gasteiger partial charge in [-0.15, -0.1) is 0 Å². The van der Waals surface area contributed by atoms with Crippen LogP contribution in [0, 0.1) is 17.5 Å². The Morgan fingerprint density at radius 2 is 1.70 bits per heavy atom. The lowest BCUT2D eigenvalue weighted by Crippen LogP contribution is -2.25. The summed E-state index contributed by atoms with van der Waals surface area (Å²) < 4.78 is 51.9. The fraction of sp³-hybridized carbons (Fsp3) is 0.150. The van der Waals surface area contributed by atoms with Crippen LogP contribution in [-0.4, -0.2) is 34.9 Å². The number of carbonyl (C=O) groups is 2. The third-order valence-electron chi connectivity index (χ3n) is 4.09. The number of esters is 2. The van der Waals surface area contributed by atoms with E-state index in [1.54, 1.807) is 0 Å². The number of ether oxygens (including phenoxy) is 2. The van der Waals surface area contributed by atoms with E-state index in [1.165, 1.54) is 19.1 Å². The lowest BCUT2D eigenvalue weighted by molar-refractivity contribution is -0.149. The van der Waals surface area contributed by atoms with Crippen molar-refractivity contribution in [2.45, 2.75) is 13.0 Å². The number of benzene rings is 2. The minimum absolute atomic E-state index is 0.00108. The van der Waals surface area contributed by atoms with Crippen LogP contribution in [0.3, 0.4) is 0 Å². The van der Waals surface area contributed by atoms with Crippen LogP contribution in [0.2, 0.25) is 5.02 Å². The highest BCUT2D eigenvalue weighted by atomic mass is 35.5. The number of nitrogens with zero attached hydrogens (tertiary/aromatic N) is 2. The van der Waals surface area contributed by atoms with Crippen molar-refractivity contribution >= 4 is 23.5 Å². The molecule has 0 aliphatic rings. The molecule has 0 bridgehead atoms. The average Bonchev–Trinajstić information content (AvgIpc) is 3.06. The van der Waals surface area contributed by atoms with Crippen LogP contribution < -0.4 is 0 Å². The molecule has 1 aromatic heterocycles. The number of halogens is 4. The maximum atomic E-state index is 14.4. The van der Waals surface area contributed by atoms with Crippen LogP contribution in [0.4, 0.5) is 13.2 Å². The molecule has 0 spiro atoms. The molecule has 6 nitrogen and oxygen atoms in total. The smallest absolute Gasteiger partial charge is 0.361 e. The Morgan fingerprint density at radius 1 is 1.07 bits per heavy atom. The van der Waals surface area contributed by atoms with Crippen molar-refractivity contribution in [3.05, 3.63) is 70.6 Å². The van der Waals surface area contributed by atoms with Gasteiger partial charge in [-0.3, -0.25) is 0 Å². The fourth-order valence-electron chi connectivity index (χ4n) is 2.64. The van der Waals surface area contributed by atoms with Crippen molar-refractivity contribution in [1.29, 1.82) is 0 Å². The van der Waals surface area contributed by atoms with Gasteiger partial charge in [-0.1, -0.05) is 11.6 Å². The summed E-state index contributed by atoms with van der Waals surface area (Å²) in [6, 6.07) is 7.57. The van der Waals surface area contributed by atoms with Crippen molar-refractivity contribution in [3.8, 4) is 16.9 Å². The SMILES string of the molecule is COC(=O)C(C)OC(=O)c1nn(-c2cc(F)ccc2F)c(-c2ccc(F)cc2)c1Cl. The largest absolute Gasteiger partial charge is 0.466 e. The highest BCUT2D eigenvalue weighted by molar-refractivity contribution is 6.36. The maximum Gasteiger partial charge on any atom is 0.361 e. The van der Waals surface area contributed by atoms with Crippen LogP contribution in [-0.2, 0) is 14.3 Å². The van der Waals surface area contributed by atoms with Crippen molar-refractivity contribution in [2.24, 2.45) is 0 Å². The zero-order valence-electron chi connectivity index (χ0n) is 15.7. The molecule has 0 saturated heterocycles. The summed E-state index contributed by atoms with van der Waals surface area (Å²) in [5.74, 6) is -4.04. The lowest BCUT2D eigenvalue weighted by atomic mass is 10.1. The van der Waals surface area contributed by atoms with E-state index in [1.807, 2.05) is 0 Å². The summed E-state index contributed by atoms with van der Waals surface area (Å²) in [6.07, 6.45) is -1.26. The molecule has 1 heterocycles. The summed E-state index contributed by atoms with van der Waals surface area (Å²) in [7, 11) is 1.12. The second-order valence-corrected chi connectivity index (χ2v) is 6.47. The molecular formula is C20H14ClF3N2O4. The molecule has 156 valence electrons. The molecule has 2 aromatic carbocycles. The lowest BCUT2D eigenvalue weighted by Gasteiger charge is -2.09. The van der Waals surface area contributed by atoms with Gasteiger partial charge in [0.15, 0.2) is 11.8 Å². The Bertz CT molecular complexity index is 1120. The van der Waals surface area contributed by atoms with Gasteiger partial charge in [-0.05, 0) is 43.3 Å². The van der Waals surface area contributed by atoms with Gasteiger partial charge in [0.25, 0.3) is 0 Å². The Kier molecular flexibility index (Phi) is 6.12. The summed E-state index contributed by atoms with van der Waals surface area (Å²) in [4.78, 5) is 24.0. The summed E-state index contributed by atoms with van der Waals surface area (Å²) in [6.45, 7) is 1.28. The van der Waals surface area contributed by atoms with Crippen molar-refractivity contribution in [1.82, 2.24) is 9.78 Å². The van der Waals surface area contributed by atoms with Gasteiger partial charge in [0.1, 0.15) is 28.2 Å². The minimum atomic E-state index is -1.26. The van der Waals surface area contributed by atoms with Crippen LogP contribution in [0.25, 0.3) is 16.9 Å². The highest BCUT2D eigenvalue weighted by Gasteiger charge is 2.28. The number of aromatic nitrogens is 2. The van der Waals surface area contributed by atoms with Crippen LogP contribution in [0.15, 0.2) is 42.5 Å². The van der Waals surface area contributed by atoms with Gasteiger partial charge in [0, 0.05) is 11.6 Å². The Labute approximate surface area is 173 Å². The zero-order valence-corrected chi connectivity index (χ0v) is 16.4. The molecule has 3 rings (SSSR count). The first-order chi connectivity index (χ1) is 14.2. The molecule has 0 amide bonds. The van der Waals surface area contributed by atoms with E-state index in [0.717, 1.165) is 42.1 Å². The molecule has 1 atom stereocenters. The molecule has 0 aliphatic carbocycles. The number of methoxy groups -OCH3 is 1. The third-order valence-corrected chi connectivity index (χ3v) is 4.45. The van der Waals surface area contributed by atoms with Crippen LogP contribution >= 0.6 is 11.6 Å². The zero-order chi connectivity index (χ0) is 22.0. The summed E-state index contributed by atoms with van der Waals surface area (Å²) in [5.41, 5.74) is -0.511. The van der Waals surface area contributed by atoms with Crippen LogP contribution in [0.5, 0.6) is 0 Å². The first kappa shape index (κ1) is 21.4. The minimum Gasteiger partial charge on any atom is -0.466 e. The van der Waals surface area contributed by atoms with Gasteiger partial charge in [-0.25, -0.2) is 27.4 Å². The van der Waals surface area contributed by atoms with E-state index < -0.39 is 41.2 Å². The van der Waals surface area contributed by atoms with Gasteiger partial charge in [-0.2, -0.15) is 5.10 Å². The standard InChI is InChI=1S/C20H14ClF3N2O4/c1-10(19(27)29-2)30-20(28)17-16(21)18(11-3-5-12(22)6-4-11)26(25-17)15-9-13(23)7-8-14(15)24/h3-10H,1-2H3. The maximum absolute atomic E-state index is 14.4. The molecular weight excluding hydrogens is 425 g/mol. The van der Waals surface area contributed by atoms with E-state index in [2.05, 4.69) is 9.84 Å². The normalized spacial score (nSPS) is 11.8. The number of hydrogen-bond donors (Lipinski definition) is 0. The summed E-state index contributed by atoms with van der Waals surface area (Å²) >= 11 is 6.33. The number of rotatable bonds is 5. The highest BCUT2D eigenvalue weighted by Crippen LogP contribution is 2.34. The van der Waals surface area contributed by atoms with Gasteiger partial charge in [0.2, 0.25) is 0 Å². The van der Waals surface area contributed by atoms with E-state index in [9.17, 15) is 22.8 Å². The number of carbonyl (C=O) groups excluding carboxylic acids is 2. The second kappa shape index (κ2) is 8.58. The Morgan fingerprint density at radius 3 is 2.33 bits per heavy atom. The van der Waals surface area contributed by atoms with Gasteiger partial charge < -0.3 is 9.47 Å². The second-order valence-electron chi connectivity index (χ2n) is 6.10. The molecule has 0 saturated carbocycles. The molecule has 0 radical (unpaired) electrons. The molecule has 3 aromatic rings. The van der Waals surface area contributed by atoms with Crippen molar-refractivity contribution in [3.63, 3.8) is 0 Å². The predicted octanol–water partition coefficient (Wildman–Crippen LogP) is 4.33. The van der Waals surface area contributed by atoms with E-state index in [0.29, 0.717) is 0 Å². The molecule has 0 aliphatic heterocycles. The number of hydrogen-bond acceptors (Lipinski definition) is 5. The molecule has 10 heteroatoms. The van der Waals surface area contributed by atoms with E-state index in [4.69, 9.17) is 16.3 Å². The average molecular weight is 439 g/mol. The van der Waals surface area contributed by atoms with Crippen molar-refractivity contribution in [2.75, 3.05) is 7.11 Å². The van der Waals surface area contributed by atoms with Gasteiger partial charge in [0.05, 0.1) is 12.8 Å². The van der Waals surface area contributed by atoms with E-state index >= 15 is 0 Å². The molecule has 30 heavy (non-hydrogen) atoms. The molecule has 1 unspecified atom stereocenters. The van der Waals surface area contributed by atoms with Crippen molar-refractivity contribution < 1.29 is 32.2 Å². The monoisotopic (exact) mass is 438 g/mol. The predicted molar refractivity (Wildman–Crippen MR) is 101 cm³/mol. The first-order valence-electron chi connectivity index (χ1n) is 8.51.